The maximum atomic E-state index is 12.3. The molecule has 1 unspecified atom stereocenters. The van der Waals surface area contributed by atoms with Crippen LogP contribution in [0.15, 0.2) is 71.9 Å². The van der Waals surface area contributed by atoms with Crippen LogP contribution in [0.3, 0.4) is 0 Å². The van der Waals surface area contributed by atoms with E-state index in [0.717, 1.165) is 49.4 Å². The van der Waals surface area contributed by atoms with E-state index >= 15 is 0 Å². The molecule has 0 spiro atoms. The third-order valence-electron chi connectivity index (χ3n) is 5.59. The van der Waals surface area contributed by atoms with Crippen LogP contribution in [0.25, 0.3) is 0 Å². The number of hydrogen-bond acceptors (Lipinski definition) is 6. The first-order chi connectivity index (χ1) is 16.7. The number of carbonyl (C=O) groups excluding carboxylic acids is 1. The first-order valence-electron chi connectivity index (χ1n) is 11.9. The summed E-state index contributed by atoms with van der Waals surface area (Å²) < 4.78 is 5.75. The molecule has 0 radical (unpaired) electrons. The zero-order chi connectivity index (χ0) is 24.0. The van der Waals surface area contributed by atoms with Gasteiger partial charge in [-0.2, -0.15) is 0 Å². The Morgan fingerprint density at radius 2 is 2.09 bits per heavy atom. The van der Waals surface area contributed by atoms with E-state index in [4.69, 9.17) is 15.5 Å². The number of aryl methyl sites for hydroxylation is 2. The monoisotopic (exact) mass is 461 g/mol. The molecule has 0 bridgehead atoms. The van der Waals surface area contributed by atoms with Gasteiger partial charge in [-0.1, -0.05) is 30.3 Å². The van der Waals surface area contributed by atoms with E-state index in [2.05, 4.69) is 34.3 Å². The Hall–Kier alpha value is -3.45. The van der Waals surface area contributed by atoms with E-state index < -0.39 is 0 Å². The molecule has 7 heteroatoms. The standard InChI is InChI=1S/C27H35N5O2/c1-2-22(32-27(33)25(28)15-18-29-23-10-4-3-5-11-23)16-20-34-19-7-6-12-24-14-13-21-9-8-17-30-26(21)31-24/h2-5,10-11,13-15,18,22H,1,6-9,12,16-17,19-20,28H2,(H,30,31)(H,32,33). The molecular weight excluding hydrogens is 426 g/mol. The quantitative estimate of drug-likeness (QED) is 0.181. The summed E-state index contributed by atoms with van der Waals surface area (Å²) in [6.07, 6.45) is 10.6. The lowest BCUT2D eigenvalue weighted by Crippen LogP contribution is -2.37. The number of carbonyl (C=O) groups is 1. The van der Waals surface area contributed by atoms with Crippen molar-refractivity contribution in [1.82, 2.24) is 10.3 Å². The summed E-state index contributed by atoms with van der Waals surface area (Å²) in [7, 11) is 0. The molecular formula is C27H35N5O2. The molecule has 0 fully saturated rings. The first kappa shape index (κ1) is 25.2. The van der Waals surface area contributed by atoms with Crippen LogP contribution >= 0.6 is 0 Å². The van der Waals surface area contributed by atoms with Gasteiger partial charge in [-0.25, -0.2) is 4.98 Å². The van der Waals surface area contributed by atoms with Crippen molar-refractivity contribution in [3.63, 3.8) is 0 Å². The number of ether oxygens (including phenoxy) is 1. The van der Waals surface area contributed by atoms with Crippen LogP contribution in [0.5, 0.6) is 0 Å². The number of hydrogen-bond donors (Lipinski definition) is 3. The van der Waals surface area contributed by atoms with Gasteiger partial charge in [0.1, 0.15) is 5.82 Å². The van der Waals surface area contributed by atoms with Gasteiger partial charge in [0.2, 0.25) is 0 Å². The van der Waals surface area contributed by atoms with Crippen molar-refractivity contribution in [1.29, 1.82) is 0 Å². The number of aliphatic imine (C=N–C) groups is 1. The molecule has 1 aromatic heterocycles. The first-order valence-corrected chi connectivity index (χ1v) is 11.9. The molecule has 2 heterocycles. The molecule has 1 aliphatic rings. The van der Waals surface area contributed by atoms with Crippen LogP contribution in [-0.2, 0) is 22.4 Å². The van der Waals surface area contributed by atoms with Crippen LogP contribution in [0.1, 0.15) is 36.9 Å². The molecule has 3 rings (SSSR count). The van der Waals surface area contributed by atoms with Gasteiger partial charge < -0.3 is 21.1 Å². The summed E-state index contributed by atoms with van der Waals surface area (Å²) in [6.45, 7) is 6.03. The topological polar surface area (TPSA) is 102 Å². The summed E-state index contributed by atoms with van der Waals surface area (Å²) in [6, 6.07) is 13.6. The second-order valence-corrected chi connectivity index (χ2v) is 8.25. The predicted molar refractivity (Wildman–Crippen MR) is 138 cm³/mol. The highest BCUT2D eigenvalue weighted by Gasteiger charge is 2.11. The number of nitrogens with two attached hydrogens (primary N) is 1. The molecule has 0 aliphatic carbocycles. The number of benzene rings is 1. The van der Waals surface area contributed by atoms with Gasteiger partial charge in [0.05, 0.1) is 11.4 Å². The zero-order valence-corrected chi connectivity index (χ0v) is 19.7. The van der Waals surface area contributed by atoms with Gasteiger partial charge >= 0.3 is 0 Å². The van der Waals surface area contributed by atoms with E-state index in [-0.39, 0.29) is 17.6 Å². The number of rotatable bonds is 13. The molecule has 7 nitrogen and oxygen atoms in total. The highest BCUT2D eigenvalue weighted by molar-refractivity contribution is 5.96. The number of allylic oxidation sites excluding steroid dienone is 1. The molecule has 1 atom stereocenters. The largest absolute Gasteiger partial charge is 0.394 e. The maximum Gasteiger partial charge on any atom is 0.267 e. The molecule has 4 N–H and O–H groups in total. The number of nitrogens with zero attached hydrogens (tertiary/aromatic N) is 2. The van der Waals surface area contributed by atoms with Gasteiger partial charge in [-0.3, -0.25) is 9.79 Å². The third-order valence-corrected chi connectivity index (χ3v) is 5.59. The van der Waals surface area contributed by atoms with Gasteiger partial charge in [0.25, 0.3) is 5.91 Å². The van der Waals surface area contributed by atoms with Crippen molar-refractivity contribution in [3.05, 3.63) is 78.1 Å². The summed E-state index contributed by atoms with van der Waals surface area (Å²) in [5.41, 5.74) is 9.20. The van der Waals surface area contributed by atoms with E-state index in [1.54, 1.807) is 6.08 Å². The van der Waals surface area contributed by atoms with Crippen LogP contribution in [0, 0.1) is 0 Å². The number of unbranched alkanes of at least 4 members (excludes halogenated alkanes) is 1. The van der Waals surface area contributed by atoms with Crippen LogP contribution in [0.2, 0.25) is 0 Å². The van der Waals surface area contributed by atoms with Gasteiger partial charge in [-0.15, -0.1) is 6.58 Å². The molecule has 0 saturated heterocycles. The van der Waals surface area contributed by atoms with Crippen LogP contribution in [0.4, 0.5) is 11.5 Å². The minimum atomic E-state index is -0.351. The molecule has 1 aromatic carbocycles. The van der Waals surface area contributed by atoms with E-state index in [1.165, 1.54) is 24.3 Å². The lowest BCUT2D eigenvalue weighted by atomic mass is 10.1. The fourth-order valence-corrected chi connectivity index (χ4v) is 3.62. The maximum absolute atomic E-state index is 12.3. The zero-order valence-electron chi connectivity index (χ0n) is 19.7. The number of pyridine rings is 1. The van der Waals surface area contributed by atoms with Gasteiger partial charge in [-0.05, 0) is 68.4 Å². The fourth-order valence-electron chi connectivity index (χ4n) is 3.62. The van der Waals surface area contributed by atoms with Gasteiger partial charge in [0, 0.05) is 37.7 Å². The number of aromatic nitrogens is 1. The van der Waals surface area contributed by atoms with E-state index in [0.29, 0.717) is 19.6 Å². The van der Waals surface area contributed by atoms with Crippen LogP contribution < -0.4 is 16.4 Å². The van der Waals surface area contributed by atoms with Crippen molar-refractivity contribution in [2.45, 2.75) is 44.6 Å². The Morgan fingerprint density at radius 3 is 2.91 bits per heavy atom. The van der Waals surface area contributed by atoms with Crippen molar-refractivity contribution < 1.29 is 9.53 Å². The van der Waals surface area contributed by atoms with Crippen molar-refractivity contribution in [2.24, 2.45) is 10.7 Å². The third kappa shape index (κ3) is 8.48. The second-order valence-electron chi connectivity index (χ2n) is 8.25. The van der Waals surface area contributed by atoms with Crippen molar-refractivity contribution in [2.75, 3.05) is 25.1 Å². The smallest absolute Gasteiger partial charge is 0.267 e. The van der Waals surface area contributed by atoms with E-state index in [9.17, 15) is 4.79 Å². The second kappa shape index (κ2) is 14.0. The van der Waals surface area contributed by atoms with Crippen molar-refractivity contribution in [3.8, 4) is 0 Å². The Bertz CT molecular complexity index is 988. The number of para-hydroxylation sites is 1. The number of amides is 1. The van der Waals surface area contributed by atoms with Crippen molar-refractivity contribution >= 4 is 23.6 Å². The van der Waals surface area contributed by atoms with Crippen LogP contribution in [-0.4, -0.2) is 42.9 Å². The highest BCUT2D eigenvalue weighted by Crippen LogP contribution is 2.20. The number of fused-ring (bicyclic) bond motifs is 1. The number of anilines is 1. The number of nitrogens with one attached hydrogen (secondary N) is 2. The summed E-state index contributed by atoms with van der Waals surface area (Å²) in [5.74, 6) is 0.702. The predicted octanol–water partition coefficient (Wildman–Crippen LogP) is 4.09. The Morgan fingerprint density at radius 1 is 1.24 bits per heavy atom. The fraction of sp³-hybridized carbons (Fsp3) is 0.370. The Balaban J connectivity index is 1.29. The molecule has 34 heavy (non-hydrogen) atoms. The average molecular weight is 462 g/mol. The summed E-state index contributed by atoms with van der Waals surface area (Å²) in [5, 5.41) is 6.24. The molecule has 0 saturated carbocycles. The van der Waals surface area contributed by atoms with E-state index in [1.807, 2.05) is 30.3 Å². The van der Waals surface area contributed by atoms with Gasteiger partial charge in [0.15, 0.2) is 0 Å². The molecule has 1 amide bonds. The summed E-state index contributed by atoms with van der Waals surface area (Å²) in [4.78, 5) is 21.3. The molecule has 180 valence electrons. The molecule has 2 aromatic rings. The SMILES string of the molecule is C=CC(CCOCCCCc1ccc2c(n1)NCCC2)NC(=O)C(N)=CC=Nc1ccccc1. The highest BCUT2D eigenvalue weighted by atomic mass is 16.5. The Labute approximate surface area is 202 Å². The lowest BCUT2D eigenvalue weighted by molar-refractivity contribution is -0.118. The lowest BCUT2D eigenvalue weighted by Gasteiger charge is -2.17. The average Bonchev–Trinajstić information content (AvgIpc) is 2.87. The normalized spacial score (nSPS) is 14.3. The minimum absolute atomic E-state index is 0.0958. The summed E-state index contributed by atoms with van der Waals surface area (Å²) >= 11 is 0. The molecule has 1 aliphatic heterocycles. The Kier molecular flexibility index (Phi) is 10.3. The minimum Gasteiger partial charge on any atom is -0.394 e.